The topological polar surface area (TPSA) is 66.0 Å². The van der Waals surface area contributed by atoms with Crippen LogP contribution in [0.2, 0.25) is 0 Å². The van der Waals surface area contributed by atoms with Crippen molar-refractivity contribution in [3.8, 4) is 5.75 Å². The van der Waals surface area contributed by atoms with Gasteiger partial charge in [-0.05, 0) is 29.9 Å². The van der Waals surface area contributed by atoms with Crippen molar-refractivity contribution in [1.82, 2.24) is 10.2 Å². The fourth-order valence-electron chi connectivity index (χ4n) is 2.50. The van der Waals surface area contributed by atoms with Crippen LogP contribution >= 0.6 is 12.2 Å². The lowest BCUT2D eigenvalue weighted by Crippen LogP contribution is -2.43. The average Bonchev–Trinajstić information content (AvgIpc) is 3.07. The van der Waals surface area contributed by atoms with Crippen molar-refractivity contribution >= 4 is 34.8 Å². The summed E-state index contributed by atoms with van der Waals surface area (Å²) >= 11 is 5.21. The Labute approximate surface area is 157 Å². The number of rotatable bonds is 5. The summed E-state index contributed by atoms with van der Waals surface area (Å²) < 4.78 is 5.79. The summed E-state index contributed by atoms with van der Waals surface area (Å²) in [7, 11) is 1.83. The molecule has 134 valence electrons. The molecule has 1 heterocycles. The number of nitrogens with one attached hydrogen (secondary N) is 2. The standard InChI is InChI=1S/C19H20N4O2S/c1-23-11-10-20-17(23)18(24)22-19(26)21-15-8-5-9-16(12-15)25-13-14-6-3-2-4-7-14/h2-9,12H,10-11,13H2,1H3,(H2,21,22,24,26). The van der Waals surface area contributed by atoms with E-state index in [4.69, 9.17) is 17.0 Å². The van der Waals surface area contributed by atoms with Crippen molar-refractivity contribution < 1.29 is 9.53 Å². The first-order valence-electron chi connectivity index (χ1n) is 8.26. The zero-order valence-electron chi connectivity index (χ0n) is 14.4. The lowest BCUT2D eigenvalue weighted by Gasteiger charge is -2.15. The highest BCUT2D eigenvalue weighted by Crippen LogP contribution is 2.18. The van der Waals surface area contributed by atoms with Gasteiger partial charge < -0.3 is 15.0 Å². The average molecular weight is 368 g/mol. The Balaban J connectivity index is 1.54. The molecule has 0 atom stereocenters. The Kier molecular flexibility index (Phi) is 5.80. The number of amides is 1. The van der Waals surface area contributed by atoms with Gasteiger partial charge in [-0.2, -0.15) is 0 Å². The van der Waals surface area contributed by atoms with Gasteiger partial charge in [0.2, 0.25) is 0 Å². The molecule has 0 spiro atoms. The molecule has 2 aromatic rings. The number of anilines is 1. The molecule has 0 radical (unpaired) electrons. The molecule has 1 aliphatic heterocycles. The Morgan fingerprint density at radius 1 is 1.23 bits per heavy atom. The van der Waals surface area contributed by atoms with E-state index in [-0.39, 0.29) is 11.0 Å². The molecule has 0 fully saturated rings. The second-order valence-corrected chi connectivity index (χ2v) is 6.25. The molecule has 0 aromatic heterocycles. The number of aliphatic imine (C=N–C) groups is 1. The summed E-state index contributed by atoms with van der Waals surface area (Å²) in [5.41, 5.74) is 1.83. The Morgan fingerprint density at radius 3 is 2.77 bits per heavy atom. The SMILES string of the molecule is CN1CCN=C1C(=O)NC(=S)Nc1cccc(OCc2ccccc2)c1. The summed E-state index contributed by atoms with van der Waals surface area (Å²) in [6.07, 6.45) is 0. The molecule has 6 nitrogen and oxygen atoms in total. The van der Waals surface area contributed by atoms with Gasteiger partial charge in [-0.25, -0.2) is 0 Å². The van der Waals surface area contributed by atoms with Crippen molar-refractivity contribution in [2.24, 2.45) is 4.99 Å². The van der Waals surface area contributed by atoms with E-state index < -0.39 is 0 Å². The summed E-state index contributed by atoms with van der Waals surface area (Å²) in [6, 6.07) is 17.4. The van der Waals surface area contributed by atoms with E-state index in [9.17, 15) is 4.79 Å². The minimum atomic E-state index is -0.306. The first-order chi connectivity index (χ1) is 12.6. The zero-order chi connectivity index (χ0) is 18.4. The maximum atomic E-state index is 12.1. The van der Waals surface area contributed by atoms with E-state index >= 15 is 0 Å². The van der Waals surface area contributed by atoms with Crippen LogP contribution in [0.15, 0.2) is 59.6 Å². The predicted octanol–water partition coefficient (Wildman–Crippen LogP) is 2.42. The smallest absolute Gasteiger partial charge is 0.292 e. The van der Waals surface area contributed by atoms with E-state index in [2.05, 4.69) is 15.6 Å². The molecule has 0 bridgehead atoms. The van der Waals surface area contributed by atoms with E-state index in [0.29, 0.717) is 24.7 Å². The quantitative estimate of drug-likeness (QED) is 0.794. The lowest BCUT2D eigenvalue weighted by atomic mass is 10.2. The number of likely N-dealkylation sites (N-methyl/N-ethyl adjacent to an activating group) is 1. The summed E-state index contributed by atoms with van der Waals surface area (Å²) in [4.78, 5) is 18.1. The molecule has 2 aromatic carbocycles. The number of amidine groups is 1. The van der Waals surface area contributed by atoms with Crippen molar-refractivity contribution in [2.75, 3.05) is 25.5 Å². The van der Waals surface area contributed by atoms with Gasteiger partial charge in [0.1, 0.15) is 12.4 Å². The molecule has 0 saturated heterocycles. The highest BCUT2D eigenvalue weighted by molar-refractivity contribution is 7.80. The van der Waals surface area contributed by atoms with Gasteiger partial charge >= 0.3 is 0 Å². The number of nitrogens with zero attached hydrogens (tertiary/aromatic N) is 2. The van der Waals surface area contributed by atoms with Crippen LogP contribution in [-0.2, 0) is 11.4 Å². The number of ether oxygens (including phenoxy) is 1. The van der Waals surface area contributed by atoms with E-state index in [0.717, 1.165) is 17.8 Å². The molecule has 3 rings (SSSR count). The maximum Gasteiger partial charge on any atom is 0.292 e. The zero-order valence-corrected chi connectivity index (χ0v) is 15.3. The van der Waals surface area contributed by atoms with Crippen LogP contribution in [0.1, 0.15) is 5.56 Å². The first kappa shape index (κ1) is 17.9. The minimum absolute atomic E-state index is 0.221. The van der Waals surface area contributed by atoms with Crippen LogP contribution < -0.4 is 15.4 Å². The Hall–Kier alpha value is -2.93. The van der Waals surface area contributed by atoms with Crippen molar-refractivity contribution in [2.45, 2.75) is 6.61 Å². The van der Waals surface area contributed by atoms with Gasteiger partial charge in [-0.15, -0.1) is 0 Å². The summed E-state index contributed by atoms with van der Waals surface area (Å²) in [6.45, 7) is 1.85. The fourth-order valence-corrected chi connectivity index (χ4v) is 2.71. The van der Waals surface area contributed by atoms with E-state index in [1.807, 2.05) is 61.6 Å². The van der Waals surface area contributed by atoms with Crippen LogP contribution in [0, 0.1) is 0 Å². The number of benzene rings is 2. The fraction of sp³-hybridized carbons (Fsp3) is 0.211. The van der Waals surface area contributed by atoms with E-state index in [1.54, 1.807) is 4.90 Å². The van der Waals surface area contributed by atoms with Gasteiger partial charge in [0, 0.05) is 25.3 Å². The summed E-state index contributed by atoms with van der Waals surface area (Å²) in [5, 5.41) is 5.86. The van der Waals surface area contributed by atoms with Crippen molar-refractivity contribution in [3.63, 3.8) is 0 Å². The Morgan fingerprint density at radius 2 is 2.04 bits per heavy atom. The molecule has 1 aliphatic rings. The molecular formula is C19H20N4O2S. The van der Waals surface area contributed by atoms with Crippen LogP contribution in [0.5, 0.6) is 5.75 Å². The second kappa shape index (κ2) is 8.44. The van der Waals surface area contributed by atoms with Crippen LogP contribution in [0.3, 0.4) is 0 Å². The molecule has 1 amide bonds. The number of hydrogen-bond acceptors (Lipinski definition) is 5. The normalized spacial score (nSPS) is 13.1. The van der Waals surface area contributed by atoms with Crippen LogP contribution in [-0.4, -0.2) is 41.9 Å². The number of thiocarbonyl (C=S) groups is 1. The maximum absolute atomic E-state index is 12.1. The molecule has 0 unspecified atom stereocenters. The second-order valence-electron chi connectivity index (χ2n) is 5.84. The third kappa shape index (κ3) is 4.80. The first-order valence-corrected chi connectivity index (χ1v) is 8.67. The van der Waals surface area contributed by atoms with E-state index in [1.165, 1.54) is 0 Å². The molecule has 2 N–H and O–H groups in total. The Bertz CT molecular complexity index is 823. The number of hydrogen-bond donors (Lipinski definition) is 2. The van der Waals surface area contributed by atoms with Gasteiger partial charge in [-0.3, -0.25) is 15.1 Å². The highest BCUT2D eigenvalue weighted by atomic mass is 32.1. The van der Waals surface area contributed by atoms with Gasteiger partial charge in [0.25, 0.3) is 5.91 Å². The van der Waals surface area contributed by atoms with Crippen molar-refractivity contribution in [3.05, 3.63) is 60.2 Å². The van der Waals surface area contributed by atoms with Crippen LogP contribution in [0.25, 0.3) is 0 Å². The highest BCUT2D eigenvalue weighted by Gasteiger charge is 2.21. The lowest BCUT2D eigenvalue weighted by molar-refractivity contribution is -0.114. The van der Waals surface area contributed by atoms with Crippen molar-refractivity contribution in [1.29, 1.82) is 0 Å². The number of carbonyl (C=O) groups excluding carboxylic acids is 1. The third-order valence-electron chi connectivity index (χ3n) is 3.83. The largest absolute Gasteiger partial charge is 0.489 e. The molecule has 0 aliphatic carbocycles. The molecule has 26 heavy (non-hydrogen) atoms. The molecular weight excluding hydrogens is 348 g/mol. The summed E-state index contributed by atoms with van der Waals surface area (Å²) in [5.74, 6) is 0.806. The number of carbonyl (C=O) groups is 1. The molecule has 7 heteroatoms. The monoisotopic (exact) mass is 368 g/mol. The van der Waals surface area contributed by atoms with Gasteiger partial charge in [0.15, 0.2) is 10.9 Å². The van der Waals surface area contributed by atoms with Gasteiger partial charge in [-0.1, -0.05) is 36.4 Å². The third-order valence-corrected chi connectivity index (χ3v) is 4.03. The minimum Gasteiger partial charge on any atom is -0.489 e. The van der Waals surface area contributed by atoms with Crippen LogP contribution in [0.4, 0.5) is 5.69 Å². The molecule has 0 saturated carbocycles. The van der Waals surface area contributed by atoms with Gasteiger partial charge in [0.05, 0.1) is 6.54 Å². The predicted molar refractivity (Wildman–Crippen MR) is 107 cm³/mol.